The molecular formula is C32H30Cl3N3O4S. The summed E-state index contributed by atoms with van der Waals surface area (Å²) in [6, 6.07) is 26.0. The van der Waals surface area contributed by atoms with Crippen molar-refractivity contribution in [1.82, 2.24) is 10.2 Å². The third kappa shape index (κ3) is 7.89. The number of nitrogens with zero attached hydrogens (tertiary/aromatic N) is 2. The maximum Gasteiger partial charge on any atom is 0.264 e. The molecule has 0 aliphatic rings. The fourth-order valence-corrected chi connectivity index (χ4v) is 6.67. The molecule has 11 heteroatoms. The lowest BCUT2D eigenvalue weighted by molar-refractivity contribution is -0.139. The molecule has 2 amide bonds. The Hall–Kier alpha value is -3.56. The summed E-state index contributed by atoms with van der Waals surface area (Å²) in [5.74, 6) is -1.04. The molecule has 0 saturated heterocycles. The zero-order chi connectivity index (χ0) is 31.1. The molecule has 0 fully saturated rings. The molecule has 224 valence electrons. The molecule has 0 heterocycles. The first-order chi connectivity index (χ1) is 20.5. The van der Waals surface area contributed by atoms with Gasteiger partial charge in [0.15, 0.2) is 0 Å². The van der Waals surface area contributed by atoms with Crippen LogP contribution in [0.3, 0.4) is 0 Å². The van der Waals surface area contributed by atoms with Gasteiger partial charge in [0.2, 0.25) is 11.8 Å². The van der Waals surface area contributed by atoms with Gasteiger partial charge in [-0.1, -0.05) is 101 Å². The summed E-state index contributed by atoms with van der Waals surface area (Å²) in [7, 11) is -2.82. The Balaban J connectivity index is 1.82. The number of halogens is 3. The largest absolute Gasteiger partial charge is 0.357 e. The van der Waals surface area contributed by atoms with Crippen molar-refractivity contribution in [1.29, 1.82) is 0 Å². The van der Waals surface area contributed by atoms with Crippen molar-refractivity contribution < 1.29 is 18.0 Å². The van der Waals surface area contributed by atoms with E-state index in [0.717, 1.165) is 15.4 Å². The summed E-state index contributed by atoms with van der Waals surface area (Å²) in [6.45, 7) is 1.18. The van der Waals surface area contributed by atoms with Crippen molar-refractivity contribution in [3.63, 3.8) is 0 Å². The van der Waals surface area contributed by atoms with Gasteiger partial charge in [-0.15, -0.1) is 0 Å². The highest BCUT2D eigenvalue weighted by atomic mass is 35.5. The van der Waals surface area contributed by atoms with E-state index in [0.29, 0.717) is 10.6 Å². The maximum atomic E-state index is 14.3. The van der Waals surface area contributed by atoms with Gasteiger partial charge in [0, 0.05) is 25.0 Å². The Morgan fingerprint density at radius 3 is 2.14 bits per heavy atom. The van der Waals surface area contributed by atoms with Gasteiger partial charge >= 0.3 is 0 Å². The van der Waals surface area contributed by atoms with Crippen LogP contribution in [0.2, 0.25) is 15.1 Å². The lowest BCUT2D eigenvalue weighted by Gasteiger charge is -2.34. The van der Waals surface area contributed by atoms with E-state index in [-0.39, 0.29) is 33.6 Å². The average Bonchev–Trinajstić information content (AvgIpc) is 2.99. The third-order valence-electron chi connectivity index (χ3n) is 6.85. The number of aryl methyl sites for hydroxylation is 1. The van der Waals surface area contributed by atoms with Crippen molar-refractivity contribution >= 4 is 62.3 Å². The topological polar surface area (TPSA) is 86.8 Å². The smallest absolute Gasteiger partial charge is 0.264 e. The first kappa shape index (κ1) is 32.4. The molecule has 1 atom stereocenters. The number of carbonyl (C=O) groups is 2. The summed E-state index contributed by atoms with van der Waals surface area (Å²) >= 11 is 19.0. The first-order valence-electron chi connectivity index (χ1n) is 13.3. The van der Waals surface area contributed by atoms with E-state index in [9.17, 15) is 18.0 Å². The molecule has 0 spiro atoms. The van der Waals surface area contributed by atoms with E-state index in [1.165, 1.54) is 36.2 Å². The summed E-state index contributed by atoms with van der Waals surface area (Å²) in [5.41, 5.74) is 2.38. The van der Waals surface area contributed by atoms with Crippen molar-refractivity contribution in [3.05, 3.63) is 129 Å². The number of sulfonamides is 1. The summed E-state index contributed by atoms with van der Waals surface area (Å²) in [5, 5.41) is 3.21. The number of hydrogen-bond donors (Lipinski definition) is 1. The van der Waals surface area contributed by atoms with Crippen LogP contribution in [0, 0.1) is 6.92 Å². The fourth-order valence-electron chi connectivity index (χ4n) is 4.59. The van der Waals surface area contributed by atoms with Gasteiger partial charge in [-0.25, -0.2) is 8.42 Å². The number of amides is 2. The van der Waals surface area contributed by atoms with Crippen LogP contribution in [0.4, 0.5) is 5.69 Å². The Labute approximate surface area is 267 Å². The minimum absolute atomic E-state index is 0.00793. The minimum atomic E-state index is -4.31. The van der Waals surface area contributed by atoms with Gasteiger partial charge in [-0.05, 0) is 54.4 Å². The molecule has 0 aliphatic heterocycles. The number of rotatable bonds is 11. The second-order valence-corrected chi connectivity index (χ2v) is 13.0. The number of likely N-dealkylation sites (N-methyl/N-ethyl adjacent to an activating group) is 1. The molecule has 0 aromatic heterocycles. The van der Waals surface area contributed by atoms with E-state index in [4.69, 9.17) is 34.8 Å². The Morgan fingerprint density at radius 1 is 0.837 bits per heavy atom. The van der Waals surface area contributed by atoms with E-state index in [1.807, 2.05) is 37.3 Å². The molecule has 0 aliphatic carbocycles. The number of carbonyl (C=O) groups excluding carboxylic acids is 2. The molecule has 4 aromatic carbocycles. The van der Waals surface area contributed by atoms with Gasteiger partial charge in [0.05, 0.1) is 20.6 Å². The van der Waals surface area contributed by atoms with E-state index in [1.54, 1.807) is 42.5 Å². The summed E-state index contributed by atoms with van der Waals surface area (Å²) in [6.07, 6.45) is 0.190. The monoisotopic (exact) mass is 657 g/mol. The Kier molecular flexibility index (Phi) is 10.7. The van der Waals surface area contributed by atoms with Crippen molar-refractivity contribution in [2.45, 2.75) is 30.8 Å². The molecule has 0 bridgehead atoms. The molecule has 7 nitrogen and oxygen atoms in total. The van der Waals surface area contributed by atoms with Gasteiger partial charge in [0.1, 0.15) is 12.6 Å². The molecule has 0 radical (unpaired) electrons. The van der Waals surface area contributed by atoms with Crippen LogP contribution >= 0.6 is 34.8 Å². The van der Waals surface area contributed by atoms with Crippen molar-refractivity contribution in [2.24, 2.45) is 0 Å². The first-order valence-corrected chi connectivity index (χ1v) is 15.9. The van der Waals surface area contributed by atoms with E-state index < -0.39 is 34.4 Å². The molecule has 1 N–H and O–H groups in total. The zero-order valence-corrected chi connectivity index (χ0v) is 26.6. The number of hydrogen-bond acceptors (Lipinski definition) is 4. The highest BCUT2D eigenvalue weighted by Gasteiger charge is 2.35. The second kappa shape index (κ2) is 14.3. The van der Waals surface area contributed by atoms with Crippen molar-refractivity contribution in [3.8, 4) is 0 Å². The van der Waals surface area contributed by atoms with Crippen LogP contribution in [-0.4, -0.2) is 44.8 Å². The van der Waals surface area contributed by atoms with Crippen LogP contribution in [0.15, 0.2) is 102 Å². The molecule has 0 unspecified atom stereocenters. The summed E-state index contributed by atoms with van der Waals surface area (Å²) < 4.78 is 29.1. The normalized spacial score (nSPS) is 11.9. The van der Waals surface area contributed by atoms with Gasteiger partial charge in [-0.2, -0.15) is 0 Å². The molecule has 43 heavy (non-hydrogen) atoms. The quantitative estimate of drug-likeness (QED) is 0.198. The lowest BCUT2D eigenvalue weighted by atomic mass is 10.0. The van der Waals surface area contributed by atoms with E-state index in [2.05, 4.69) is 5.32 Å². The second-order valence-electron chi connectivity index (χ2n) is 9.87. The Morgan fingerprint density at radius 2 is 1.49 bits per heavy atom. The van der Waals surface area contributed by atoms with Gasteiger partial charge < -0.3 is 10.2 Å². The van der Waals surface area contributed by atoms with Crippen LogP contribution < -0.4 is 9.62 Å². The average molecular weight is 659 g/mol. The van der Waals surface area contributed by atoms with Crippen LogP contribution in [0.25, 0.3) is 0 Å². The zero-order valence-electron chi connectivity index (χ0n) is 23.5. The van der Waals surface area contributed by atoms with Crippen LogP contribution in [0.1, 0.15) is 16.7 Å². The Bertz CT molecular complexity index is 1700. The minimum Gasteiger partial charge on any atom is -0.357 e. The number of benzene rings is 4. The van der Waals surface area contributed by atoms with Crippen LogP contribution in [0.5, 0.6) is 0 Å². The predicted molar refractivity (Wildman–Crippen MR) is 172 cm³/mol. The number of anilines is 1. The SMILES string of the molecule is CNC(=O)[C@H](Cc1ccccc1)N(Cc1cccc(Cl)c1)C(=O)CN(c1cccc(Cl)c1Cl)S(=O)(=O)c1ccc(C)cc1. The molecule has 0 saturated carbocycles. The number of nitrogens with one attached hydrogen (secondary N) is 1. The molecule has 4 aromatic rings. The van der Waals surface area contributed by atoms with Crippen LogP contribution in [-0.2, 0) is 32.6 Å². The molecular weight excluding hydrogens is 629 g/mol. The van der Waals surface area contributed by atoms with Crippen molar-refractivity contribution in [2.75, 3.05) is 17.9 Å². The molecule has 4 rings (SSSR count). The standard InChI is InChI=1S/C32H30Cl3N3O4S/c1-22-14-16-26(17-15-22)43(41,42)38(28-13-7-12-27(34)31(28)35)21-30(39)37(20-24-10-6-11-25(33)18-24)29(32(40)36-2)19-23-8-4-3-5-9-23/h3-18,29H,19-21H2,1-2H3,(H,36,40)/t29-/m0/s1. The van der Waals surface area contributed by atoms with Gasteiger partial charge in [-0.3, -0.25) is 13.9 Å². The lowest BCUT2D eigenvalue weighted by Crippen LogP contribution is -2.53. The predicted octanol–water partition coefficient (Wildman–Crippen LogP) is 6.54. The fraction of sp³-hybridized carbons (Fsp3) is 0.188. The summed E-state index contributed by atoms with van der Waals surface area (Å²) in [4.78, 5) is 29.0. The third-order valence-corrected chi connectivity index (χ3v) is 9.67. The highest BCUT2D eigenvalue weighted by molar-refractivity contribution is 7.92. The maximum absolute atomic E-state index is 14.3. The van der Waals surface area contributed by atoms with Gasteiger partial charge in [0.25, 0.3) is 10.0 Å². The van der Waals surface area contributed by atoms with E-state index >= 15 is 0 Å². The highest BCUT2D eigenvalue weighted by Crippen LogP contribution is 2.35.